The molecule has 1 atom stereocenters. The zero-order valence-electron chi connectivity index (χ0n) is 11.8. The van der Waals surface area contributed by atoms with Crippen LogP contribution < -0.4 is 14.8 Å². The van der Waals surface area contributed by atoms with Crippen LogP contribution in [0.4, 0.5) is 19.0 Å². The maximum Gasteiger partial charge on any atom is 0.413 e. The smallest absolute Gasteiger partial charge is 0.413 e. The quantitative estimate of drug-likeness (QED) is 0.915. The summed E-state index contributed by atoms with van der Waals surface area (Å²) >= 11 is 0. The summed E-state index contributed by atoms with van der Waals surface area (Å²) in [6.45, 7) is 0. The average molecular weight is 314 g/mol. The molecule has 6 nitrogen and oxygen atoms in total. The summed E-state index contributed by atoms with van der Waals surface area (Å²) in [5.41, 5.74) is -0.263. The van der Waals surface area contributed by atoms with Crippen LogP contribution in [0.5, 0.6) is 11.9 Å². The van der Waals surface area contributed by atoms with Crippen LogP contribution in [-0.2, 0) is 0 Å². The highest BCUT2D eigenvalue weighted by Crippen LogP contribution is 2.38. The number of hydrogen-bond acceptors (Lipinski definition) is 6. The second kappa shape index (κ2) is 6.46. The molecule has 2 rings (SSSR count). The molecule has 0 spiro atoms. The van der Waals surface area contributed by atoms with Crippen molar-refractivity contribution >= 4 is 5.82 Å². The number of anilines is 1. The predicted molar refractivity (Wildman–Crippen MR) is 71.8 cm³/mol. The van der Waals surface area contributed by atoms with Crippen LogP contribution in [-0.4, -0.2) is 35.3 Å². The Bertz CT molecular complexity index is 622. The van der Waals surface area contributed by atoms with Crippen LogP contribution in [0.1, 0.15) is 11.6 Å². The van der Waals surface area contributed by atoms with Gasteiger partial charge in [-0.25, -0.2) is 9.97 Å². The third kappa shape index (κ3) is 3.54. The minimum absolute atomic E-state index is 0.0719. The van der Waals surface area contributed by atoms with Gasteiger partial charge in [-0.05, 0) is 12.1 Å². The molecule has 0 fully saturated rings. The largest absolute Gasteiger partial charge is 0.481 e. The molecule has 2 heterocycles. The molecule has 0 saturated heterocycles. The summed E-state index contributed by atoms with van der Waals surface area (Å²) in [6.07, 6.45) is -2.20. The number of nitrogens with one attached hydrogen (secondary N) is 1. The topological polar surface area (TPSA) is 69.2 Å². The standard InChI is InChI=1S/C13H13F3N4O2/c1-21-11-8(7-18-12(20-11)22-2)10(13(14,15)16)19-9-5-3-4-6-17-9/h3-7,10H,1-2H3,(H,17,19). The number of aromatic nitrogens is 3. The van der Waals surface area contributed by atoms with Gasteiger partial charge in [0.25, 0.3) is 0 Å². The highest BCUT2D eigenvalue weighted by molar-refractivity contribution is 5.41. The molecule has 0 aliphatic carbocycles. The van der Waals surface area contributed by atoms with Crippen molar-refractivity contribution in [2.75, 3.05) is 19.5 Å². The molecule has 1 unspecified atom stereocenters. The normalized spacial score (nSPS) is 12.6. The van der Waals surface area contributed by atoms with Crippen molar-refractivity contribution in [1.29, 1.82) is 0 Å². The second-order valence-electron chi connectivity index (χ2n) is 4.16. The first-order valence-corrected chi connectivity index (χ1v) is 6.15. The van der Waals surface area contributed by atoms with Crippen molar-refractivity contribution in [3.8, 4) is 11.9 Å². The van der Waals surface area contributed by atoms with E-state index in [2.05, 4.69) is 20.3 Å². The van der Waals surface area contributed by atoms with Gasteiger partial charge in [0.15, 0.2) is 6.04 Å². The van der Waals surface area contributed by atoms with Crippen molar-refractivity contribution in [2.24, 2.45) is 0 Å². The molecule has 0 radical (unpaired) electrons. The predicted octanol–water partition coefficient (Wildman–Crippen LogP) is 2.60. The molecule has 118 valence electrons. The zero-order valence-corrected chi connectivity index (χ0v) is 11.8. The highest BCUT2D eigenvalue weighted by Gasteiger charge is 2.43. The van der Waals surface area contributed by atoms with E-state index in [0.717, 1.165) is 6.20 Å². The minimum Gasteiger partial charge on any atom is -0.481 e. The maximum atomic E-state index is 13.4. The molecular formula is C13H13F3N4O2. The molecule has 9 heteroatoms. The zero-order chi connectivity index (χ0) is 16.2. The molecule has 2 aromatic heterocycles. The molecule has 0 amide bonds. The van der Waals surface area contributed by atoms with E-state index in [-0.39, 0.29) is 23.3 Å². The molecule has 0 bridgehead atoms. The molecular weight excluding hydrogens is 301 g/mol. The van der Waals surface area contributed by atoms with E-state index in [1.807, 2.05) is 0 Å². The van der Waals surface area contributed by atoms with E-state index < -0.39 is 12.2 Å². The molecule has 0 aliphatic heterocycles. The van der Waals surface area contributed by atoms with E-state index in [0.29, 0.717) is 0 Å². The Morgan fingerprint density at radius 2 is 1.91 bits per heavy atom. The Hall–Kier alpha value is -2.58. The Morgan fingerprint density at radius 1 is 1.14 bits per heavy atom. The summed E-state index contributed by atoms with van der Waals surface area (Å²) < 4.78 is 49.8. The summed E-state index contributed by atoms with van der Waals surface area (Å²) in [5, 5.41) is 2.31. The molecule has 22 heavy (non-hydrogen) atoms. The van der Waals surface area contributed by atoms with E-state index in [4.69, 9.17) is 9.47 Å². The van der Waals surface area contributed by atoms with Gasteiger partial charge < -0.3 is 14.8 Å². The number of methoxy groups -OCH3 is 2. The number of halogens is 3. The van der Waals surface area contributed by atoms with Gasteiger partial charge in [0.05, 0.1) is 19.8 Å². The van der Waals surface area contributed by atoms with E-state index in [1.54, 1.807) is 12.1 Å². The van der Waals surface area contributed by atoms with Gasteiger partial charge in [-0.15, -0.1) is 0 Å². The van der Waals surface area contributed by atoms with Crippen molar-refractivity contribution in [2.45, 2.75) is 12.2 Å². The lowest BCUT2D eigenvalue weighted by Crippen LogP contribution is -2.29. The summed E-state index contributed by atoms with van der Waals surface area (Å²) in [4.78, 5) is 11.3. The van der Waals surface area contributed by atoms with Gasteiger partial charge in [0.2, 0.25) is 5.88 Å². The first-order valence-electron chi connectivity index (χ1n) is 6.15. The lowest BCUT2D eigenvalue weighted by molar-refractivity contribution is -0.144. The maximum absolute atomic E-state index is 13.4. The Balaban J connectivity index is 2.42. The average Bonchev–Trinajstić information content (AvgIpc) is 2.52. The fourth-order valence-electron chi connectivity index (χ4n) is 1.75. The fraction of sp³-hybridized carbons (Fsp3) is 0.308. The van der Waals surface area contributed by atoms with E-state index in [1.165, 1.54) is 26.5 Å². The van der Waals surface area contributed by atoms with Gasteiger partial charge in [0, 0.05) is 12.4 Å². The Morgan fingerprint density at radius 3 is 2.45 bits per heavy atom. The van der Waals surface area contributed by atoms with Crippen molar-refractivity contribution in [3.05, 3.63) is 36.2 Å². The molecule has 2 aromatic rings. The molecule has 0 aliphatic rings. The first-order chi connectivity index (χ1) is 10.5. The van der Waals surface area contributed by atoms with Crippen LogP contribution in [0.25, 0.3) is 0 Å². The van der Waals surface area contributed by atoms with Crippen LogP contribution >= 0.6 is 0 Å². The van der Waals surface area contributed by atoms with Crippen LogP contribution in [0, 0.1) is 0 Å². The third-order valence-corrected chi connectivity index (χ3v) is 2.73. The number of rotatable bonds is 5. The second-order valence-corrected chi connectivity index (χ2v) is 4.16. The van der Waals surface area contributed by atoms with Crippen LogP contribution in [0.2, 0.25) is 0 Å². The number of alkyl halides is 3. The lowest BCUT2D eigenvalue weighted by atomic mass is 10.1. The van der Waals surface area contributed by atoms with Gasteiger partial charge in [-0.1, -0.05) is 6.07 Å². The van der Waals surface area contributed by atoms with Gasteiger partial charge in [0.1, 0.15) is 5.82 Å². The summed E-state index contributed by atoms with van der Waals surface area (Å²) in [7, 11) is 2.53. The first kappa shape index (κ1) is 15.8. The van der Waals surface area contributed by atoms with Crippen LogP contribution in [0.3, 0.4) is 0 Å². The molecule has 1 N–H and O–H groups in total. The van der Waals surface area contributed by atoms with Crippen molar-refractivity contribution < 1.29 is 22.6 Å². The van der Waals surface area contributed by atoms with Gasteiger partial charge in [-0.3, -0.25) is 0 Å². The van der Waals surface area contributed by atoms with Gasteiger partial charge in [-0.2, -0.15) is 18.2 Å². The SMILES string of the molecule is COc1ncc(C(Nc2ccccn2)C(F)(F)F)c(OC)n1. The lowest BCUT2D eigenvalue weighted by Gasteiger charge is -2.23. The fourth-order valence-corrected chi connectivity index (χ4v) is 1.75. The number of hydrogen-bond donors (Lipinski definition) is 1. The molecule has 0 saturated carbocycles. The minimum atomic E-state index is -4.59. The molecule has 0 aromatic carbocycles. The van der Waals surface area contributed by atoms with E-state index in [9.17, 15) is 13.2 Å². The Labute approximate surface area is 124 Å². The van der Waals surface area contributed by atoms with Crippen molar-refractivity contribution in [1.82, 2.24) is 15.0 Å². The van der Waals surface area contributed by atoms with Gasteiger partial charge >= 0.3 is 12.2 Å². The summed E-state index contributed by atoms with van der Waals surface area (Å²) in [6, 6.07) is 2.45. The van der Waals surface area contributed by atoms with Crippen LogP contribution in [0.15, 0.2) is 30.6 Å². The summed E-state index contributed by atoms with van der Waals surface area (Å²) in [5.74, 6) is -0.152. The van der Waals surface area contributed by atoms with Crippen molar-refractivity contribution in [3.63, 3.8) is 0 Å². The number of ether oxygens (including phenoxy) is 2. The number of nitrogens with zero attached hydrogens (tertiary/aromatic N) is 3. The third-order valence-electron chi connectivity index (χ3n) is 2.73. The highest BCUT2D eigenvalue weighted by atomic mass is 19.4. The van der Waals surface area contributed by atoms with E-state index >= 15 is 0 Å². The Kier molecular flexibility index (Phi) is 4.64. The number of pyridine rings is 1. The monoisotopic (exact) mass is 314 g/mol.